The van der Waals surface area contributed by atoms with E-state index in [1.54, 1.807) is 6.20 Å². The Morgan fingerprint density at radius 2 is 2.40 bits per heavy atom. The highest BCUT2D eigenvalue weighted by molar-refractivity contribution is 5.75. The van der Waals surface area contributed by atoms with E-state index in [9.17, 15) is 4.79 Å². The summed E-state index contributed by atoms with van der Waals surface area (Å²) in [4.78, 5) is 11.4. The zero-order valence-electron chi connectivity index (χ0n) is 9.10. The third-order valence-corrected chi connectivity index (χ3v) is 1.74. The molecule has 0 saturated carbocycles. The minimum atomic E-state index is -0.0609. The molecule has 6 heteroatoms. The van der Waals surface area contributed by atoms with Crippen molar-refractivity contribution in [2.45, 2.75) is 32.9 Å². The number of nitrogens with zero attached hydrogens (tertiary/aromatic N) is 3. The van der Waals surface area contributed by atoms with Crippen LogP contribution >= 0.6 is 0 Å². The monoisotopic (exact) mass is 211 g/mol. The third-order valence-electron chi connectivity index (χ3n) is 1.74. The molecule has 84 valence electrons. The van der Waals surface area contributed by atoms with Crippen LogP contribution in [-0.2, 0) is 17.8 Å². The smallest absolute Gasteiger partial charge is 0.241 e. The number of nitrogens with one attached hydrogen (secondary N) is 1. The van der Waals surface area contributed by atoms with Crippen LogP contribution in [0.25, 0.3) is 0 Å². The summed E-state index contributed by atoms with van der Waals surface area (Å²) in [5, 5.41) is 10.5. The van der Waals surface area contributed by atoms with E-state index in [4.69, 9.17) is 5.73 Å². The van der Waals surface area contributed by atoms with E-state index in [2.05, 4.69) is 15.6 Å². The van der Waals surface area contributed by atoms with Crippen molar-refractivity contribution in [3.05, 3.63) is 11.9 Å². The number of hydrogen-bond donors (Lipinski definition) is 2. The lowest BCUT2D eigenvalue weighted by atomic mass is 10.3. The predicted molar refractivity (Wildman–Crippen MR) is 56.1 cm³/mol. The molecule has 6 nitrogen and oxygen atoms in total. The van der Waals surface area contributed by atoms with Crippen LogP contribution in [0.15, 0.2) is 6.20 Å². The van der Waals surface area contributed by atoms with Gasteiger partial charge in [-0.25, -0.2) is 4.68 Å². The van der Waals surface area contributed by atoms with E-state index in [1.165, 1.54) is 4.68 Å². The molecule has 0 fully saturated rings. The molecule has 1 amide bonds. The van der Waals surface area contributed by atoms with Gasteiger partial charge in [-0.05, 0) is 20.4 Å². The number of carbonyl (C=O) groups is 1. The van der Waals surface area contributed by atoms with Crippen molar-refractivity contribution < 1.29 is 4.79 Å². The van der Waals surface area contributed by atoms with E-state index in [0.29, 0.717) is 13.0 Å². The number of carbonyl (C=O) groups excluding carboxylic acids is 1. The molecule has 15 heavy (non-hydrogen) atoms. The van der Waals surface area contributed by atoms with E-state index < -0.39 is 0 Å². The number of rotatable bonds is 5. The molecule has 1 heterocycles. The molecule has 0 aliphatic rings. The summed E-state index contributed by atoms with van der Waals surface area (Å²) in [5.41, 5.74) is 6.20. The van der Waals surface area contributed by atoms with Gasteiger partial charge >= 0.3 is 0 Å². The highest BCUT2D eigenvalue weighted by Gasteiger charge is 2.06. The van der Waals surface area contributed by atoms with E-state index in [1.807, 2.05) is 13.8 Å². The number of hydrogen-bond acceptors (Lipinski definition) is 4. The van der Waals surface area contributed by atoms with Crippen molar-refractivity contribution in [3.8, 4) is 0 Å². The number of nitrogens with two attached hydrogens (primary N) is 1. The molecule has 0 bridgehead atoms. The highest BCUT2D eigenvalue weighted by Crippen LogP contribution is 1.93. The van der Waals surface area contributed by atoms with Crippen LogP contribution in [-0.4, -0.2) is 33.5 Å². The van der Waals surface area contributed by atoms with Gasteiger partial charge in [0.25, 0.3) is 0 Å². The Bertz CT molecular complexity index is 320. The Morgan fingerprint density at radius 3 is 3.00 bits per heavy atom. The zero-order valence-corrected chi connectivity index (χ0v) is 9.10. The molecule has 1 aromatic rings. The van der Waals surface area contributed by atoms with Gasteiger partial charge in [-0.2, -0.15) is 0 Å². The Hall–Kier alpha value is -1.43. The van der Waals surface area contributed by atoms with Gasteiger partial charge in [0.1, 0.15) is 6.54 Å². The predicted octanol–water partition coefficient (Wildman–Crippen LogP) is -0.696. The SMILES string of the molecule is CC(C)NC(=O)Cn1cc(CCN)nn1. The van der Waals surface area contributed by atoms with Crippen LogP contribution < -0.4 is 11.1 Å². The number of aromatic nitrogens is 3. The maximum Gasteiger partial charge on any atom is 0.241 e. The molecule has 0 aliphatic heterocycles. The van der Waals surface area contributed by atoms with E-state index in [-0.39, 0.29) is 18.5 Å². The molecule has 0 atom stereocenters. The van der Waals surface area contributed by atoms with Crippen LogP contribution in [0.4, 0.5) is 0 Å². The lowest BCUT2D eigenvalue weighted by Gasteiger charge is -2.07. The topological polar surface area (TPSA) is 85.8 Å². The van der Waals surface area contributed by atoms with E-state index >= 15 is 0 Å². The van der Waals surface area contributed by atoms with Gasteiger partial charge in [0.2, 0.25) is 5.91 Å². The van der Waals surface area contributed by atoms with Crippen LogP contribution in [0.1, 0.15) is 19.5 Å². The molecule has 0 spiro atoms. The summed E-state index contributed by atoms with van der Waals surface area (Å²) in [6.07, 6.45) is 2.43. The van der Waals surface area contributed by atoms with Crippen LogP contribution in [0.5, 0.6) is 0 Å². The average Bonchev–Trinajstić information content (AvgIpc) is 2.51. The summed E-state index contributed by atoms with van der Waals surface area (Å²) < 4.78 is 1.52. The van der Waals surface area contributed by atoms with Gasteiger partial charge in [-0.1, -0.05) is 5.21 Å². The standard InChI is InChI=1S/C9H17N5O/c1-7(2)11-9(15)6-14-5-8(3-4-10)12-13-14/h5,7H,3-4,6,10H2,1-2H3,(H,11,15). The Morgan fingerprint density at radius 1 is 1.67 bits per heavy atom. The van der Waals surface area contributed by atoms with Crippen LogP contribution in [0, 0.1) is 0 Å². The molecular weight excluding hydrogens is 194 g/mol. The first kappa shape index (κ1) is 11.6. The average molecular weight is 211 g/mol. The zero-order chi connectivity index (χ0) is 11.3. The van der Waals surface area contributed by atoms with Gasteiger partial charge in [-0.15, -0.1) is 5.10 Å². The van der Waals surface area contributed by atoms with Gasteiger partial charge < -0.3 is 11.1 Å². The molecule has 1 aromatic heterocycles. The largest absolute Gasteiger partial charge is 0.352 e. The second-order valence-electron chi connectivity index (χ2n) is 3.67. The van der Waals surface area contributed by atoms with Crippen molar-refractivity contribution in [1.82, 2.24) is 20.3 Å². The van der Waals surface area contributed by atoms with Crippen molar-refractivity contribution in [2.75, 3.05) is 6.54 Å². The molecule has 0 radical (unpaired) electrons. The summed E-state index contributed by atoms with van der Waals surface area (Å²) >= 11 is 0. The Balaban J connectivity index is 2.46. The van der Waals surface area contributed by atoms with Crippen LogP contribution in [0.3, 0.4) is 0 Å². The summed E-state index contributed by atoms with van der Waals surface area (Å²) in [5.74, 6) is -0.0609. The molecule has 0 aliphatic carbocycles. The first-order chi connectivity index (χ1) is 7.11. The lowest BCUT2D eigenvalue weighted by Crippen LogP contribution is -2.33. The molecule has 0 aromatic carbocycles. The first-order valence-corrected chi connectivity index (χ1v) is 5.00. The fourth-order valence-corrected chi connectivity index (χ4v) is 1.19. The second kappa shape index (κ2) is 5.45. The maximum atomic E-state index is 11.4. The first-order valence-electron chi connectivity index (χ1n) is 5.00. The molecule has 0 unspecified atom stereocenters. The summed E-state index contributed by atoms with van der Waals surface area (Å²) in [6, 6.07) is 0.143. The molecule has 3 N–H and O–H groups in total. The highest BCUT2D eigenvalue weighted by atomic mass is 16.2. The molecule has 0 saturated heterocycles. The molecular formula is C9H17N5O. The maximum absolute atomic E-state index is 11.4. The summed E-state index contributed by atoms with van der Waals surface area (Å²) in [6.45, 7) is 4.57. The summed E-state index contributed by atoms with van der Waals surface area (Å²) in [7, 11) is 0. The quantitative estimate of drug-likeness (QED) is 0.674. The van der Waals surface area contributed by atoms with E-state index in [0.717, 1.165) is 5.69 Å². The second-order valence-corrected chi connectivity index (χ2v) is 3.67. The van der Waals surface area contributed by atoms with Gasteiger partial charge in [0, 0.05) is 18.7 Å². The fourth-order valence-electron chi connectivity index (χ4n) is 1.19. The number of amides is 1. The van der Waals surface area contributed by atoms with Crippen LogP contribution in [0.2, 0.25) is 0 Å². The minimum absolute atomic E-state index is 0.0609. The van der Waals surface area contributed by atoms with Gasteiger partial charge in [0.15, 0.2) is 0 Å². The molecule has 1 rings (SSSR count). The Labute approximate surface area is 88.8 Å². The third kappa shape index (κ3) is 4.07. The fraction of sp³-hybridized carbons (Fsp3) is 0.667. The van der Waals surface area contributed by atoms with Gasteiger partial charge in [-0.3, -0.25) is 4.79 Å². The Kier molecular flexibility index (Phi) is 4.23. The lowest BCUT2D eigenvalue weighted by molar-refractivity contribution is -0.122. The van der Waals surface area contributed by atoms with Crippen molar-refractivity contribution >= 4 is 5.91 Å². The van der Waals surface area contributed by atoms with Crippen molar-refractivity contribution in [1.29, 1.82) is 0 Å². The van der Waals surface area contributed by atoms with Crippen molar-refractivity contribution in [3.63, 3.8) is 0 Å². The minimum Gasteiger partial charge on any atom is -0.352 e. The van der Waals surface area contributed by atoms with Gasteiger partial charge in [0.05, 0.1) is 5.69 Å². The normalized spacial score (nSPS) is 10.7. The van der Waals surface area contributed by atoms with Crippen molar-refractivity contribution in [2.24, 2.45) is 5.73 Å².